The number of nitrogen functional groups attached to an aromatic ring is 1. The van der Waals surface area contributed by atoms with Gasteiger partial charge in [0.05, 0.1) is 16.9 Å². The number of pyridine rings is 1. The molecule has 0 radical (unpaired) electrons. The summed E-state index contributed by atoms with van der Waals surface area (Å²) in [5.41, 5.74) is 7.44. The Morgan fingerprint density at radius 1 is 0.875 bits per heavy atom. The lowest BCUT2D eigenvalue weighted by Gasteiger charge is -2.42. The van der Waals surface area contributed by atoms with E-state index in [1.807, 2.05) is 60.7 Å². The zero-order valence-electron chi connectivity index (χ0n) is 17.2. The maximum Gasteiger partial charge on any atom is 0.405 e. The predicted molar refractivity (Wildman–Crippen MR) is 123 cm³/mol. The van der Waals surface area contributed by atoms with E-state index in [0.717, 1.165) is 47.3 Å². The number of rotatable bonds is 5. The summed E-state index contributed by atoms with van der Waals surface area (Å²) in [6.45, 7) is 0. The standard InChI is InChI=1S/C24H22N6O2/c25-30-19-12-11-18-22(27-19)28-21(15-5-2-1-3-6-15)20(26-18)16-7-9-17(10-8-16)24(13-4-14-24)29-23(31)32/h1-3,5-12,29H,4,13-14,25H2,(H,31,32)(H,27,28,30). The fourth-order valence-corrected chi connectivity index (χ4v) is 4.19. The maximum atomic E-state index is 11.3. The van der Waals surface area contributed by atoms with Crippen molar-refractivity contribution in [1.29, 1.82) is 0 Å². The van der Waals surface area contributed by atoms with Crippen LogP contribution in [0.5, 0.6) is 0 Å². The summed E-state index contributed by atoms with van der Waals surface area (Å²) in [5.74, 6) is 6.02. The Hall–Kier alpha value is -4.04. The molecule has 1 saturated carbocycles. The highest BCUT2D eigenvalue weighted by Gasteiger charge is 2.40. The van der Waals surface area contributed by atoms with Crippen molar-refractivity contribution in [2.24, 2.45) is 5.84 Å². The first kappa shape index (κ1) is 19.9. The summed E-state index contributed by atoms with van der Waals surface area (Å²) in [5, 5.41) is 12.0. The Kier molecular flexibility index (Phi) is 4.91. The minimum atomic E-state index is -1.00. The van der Waals surface area contributed by atoms with E-state index in [-0.39, 0.29) is 0 Å². The third-order valence-corrected chi connectivity index (χ3v) is 5.99. The van der Waals surface area contributed by atoms with Crippen molar-refractivity contribution in [3.8, 4) is 22.5 Å². The molecule has 0 bridgehead atoms. The number of aromatic nitrogens is 3. The number of fused-ring (bicyclic) bond motifs is 1. The Bertz CT molecular complexity index is 1290. The van der Waals surface area contributed by atoms with E-state index in [0.29, 0.717) is 17.0 Å². The number of hydrazine groups is 1. The first-order chi connectivity index (χ1) is 15.6. The molecule has 2 aromatic heterocycles. The third kappa shape index (κ3) is 3.50. The summed E-state index contributed by atoms with van der Waals surface area (Å²) in [7, 11) is 0. The topological polar surface area (TPSA) is 126 Å². The second-order valence-corrected chi connectivity index (χ2v) is 7.91. The number of hydrogen-bond acceptors (Lipinski definition) is 6. The van der Waals surface area contributed by atoms with Gasteiger partial charge in [-0.2, -0.15) is 0 Å². The molecule has 0 unspecified atom stereocenters. The Morgan fingerprint density at radius 3 is 2.19 bits per heavy atom. The molecule has 8 nitrogen and oxygen atoms in total. The predicted octanol–water partition coefficient (Wildman–Crippen LogP) is 4.29. The van der Waals surface area contributed by atoms with Crippen LogP contribution in [0, 0.1) is 0 Å². The van der Waals surface area contributed by atoms with Gasteiger partial charge in [-0.15, -0.1) is 0 Å². The molecule has 1 fully saturated rings. The van der Waals surface area contributed by atoms with E-state index >= 15 is 0 Å². The van der Waals surface area contributed by atoms with Crippen LogP contribution in [0.1, 0.15) is 24.8 Å². The van der Waals surface area contributed by atoms with Crippen LogP contribution in [0.15, 0.2) is 66.7 Å². The van der Waals surface area contributed by atoms with E-state index < -0.39 is 11.6 Å². The monoisotopic (exact) mass is 426 g/mol. The summed E-state index contributed by atoms with van der Waals surface area (Å²) in [6.07, 6.45) is 1.60. The van der Waals surface area contributed by atoms with Crippen LogP contribution in [0.3, 0.4) is 0 Å². The van der Waals surface area contributed by atoms with Gasteiger partial charge in [0.1, 0.15) is 11.3 Å². The minimum absolute atomic E-state index is 0.499. The number of anilines is 1. The Labute approximate surface area is 184 Å². The lowest BCUT2D eigenvalue weighted by atomic mass is 9.71. The molecule has 0 spiro atoms. The van der Waals surface area contributed by atoms with Gasteiger partial charge in [-0.25, -0.2) is 25.6 Å². The van der Waals surface area contributed by atoms with Crippen molar-refractivity contribution >= 4 is 23.1 Å². The van der Waals surface area contributed by atoms with Crippen molar-refractivity contribution in [2.75, 3.05) is 5.43 Å². The molecule has 0 saturated heterocycles. The minimum Gasteiger partial charge on any atom is -0.465 e. The molecule has 1 aliphatic carbocycles. The van der Waals surface area contributed by atoms with Crippen LogP contribution in [0.25, 0.3) is 33.7 Å². The van der Waals surface area contributed by atoms with Gasteiger partial charge in [0.2, 0.25) is 0 Å². The van der Waals surface area contributed by atoms with Crippen LogP contribution in [-0.4, -0.2) is 26.2 Å². The highest BCUT2D eigenvalue weighted by molar-refractivity contribution is 5.85. The maximum absolute atomic E-state index is 11.3. The molecule has 0 atom stereocenters. The Morgan fingerprint density at radius 2 is 1.56 bits per heavy atom. The molecule has 8 heteroatoms. The summed E-state index contributed by atoms with van der Waals surface area (Å²) < 4.78 is 0. The van der Waals surface area contributed by atoms with E-state index in [1.54, 1.807) is 6.07 Å². The highest BCUT2D eigenvalue weighted by atomic mass is 16.4. The van der Waals surface area contributed by atoms with E-state index in [1.165, 1.54) is 0 Å². The summed E-state index contributed by atoms with van der Waals surface area (Å²) >= 11 is 0. The molecule has 5 rings (SSSR count). The highest BCUT2D eigenvalue weighted by Crippen LogP contribution is 2.42. The lowest BCUT2D eigenvalue weighted by molar-refractivity contribution is 0.144. The zero-order valence-corrected chi connectivity index (χ0v) is 17.2. The van der Waals surface area contributed by atoms with Gasteiger partial charge in [0.25, 0.3) is 0 Å². The van der Waals surface area contributed by atoms with Crippen molar-refractivity contribution in [1.82, 2.24) is 20.3 Å². The summed E-state index contributed by atoms with van der Waals surface area (Å²) in [4.78, 5) is 25.4. The molecule has 0 aliphatic heterocycles. The van der Waals surface area contributed by atoms with Crippen LogP contribution < -0.4 is 16.6 Å². The van der Waals surface area contributed by atoms with Crippen LogP contribution in [0.4, 0.5) is 10.6 Å². The van der Waals surface area contributed by atoms with Gasteiger partial charge in [-0.3, -0.25) is 0 Å². The molecular weight excluding hydrogens is 404 g/mol. The Balaban J connectivity index is 1.62. The molecule has 160 valence electrons. The molecule has 5 N–H and O–H groups in total. The molecule has 1 aliphatic rings. The SMILES string of the molecule is NNc1ccc2nc(-c3ccc(C4(NC(=O)O)CCC4)cc3)c(-c3ccccc3)nc2n1. The number of amides is 1. The van der Waals surface area contributed by atoms with Crippen molar-refractivity contribution in [3.63, 3.8) is 0 Å². The number of carboxylic acid groups (broad SMARTS) is 1. The quantitative estimate of drug-likeness (QED) is 0.277. The second-order valence-electron chi connectivity index (χ2n) is 7.91. The van der Waals surface area contributed by atoms with Crippen LogP contribution in [-0.2, 0) is 5.54 Å². The van der Waals surface area contributed by atoms with Gasteiger partial charge < -0.3 is 15.8 Å². The first-order valence-corrected chi connectivity index (χ1v) is 10.4. The van der Waals surface area contributed by atoms with Crippen LogP contribution >= 0.6 is 0 Å². The number of hydrogen-bond donors (Lipinski definition) is 4. The van der Waals surface area contributed by atoms with Gasteiger partial charge in [-0.05, 0) is 37.0 Å². The molecule has 2 heterocycles. The molecule has 1 amide bonds. The molecule has 2 aromatic carbocycles. The lowest BCUT2D eigenvalue weighted by Crippen LogP contribution is -2.50. The number of carbonyl (C=O) groups is 1. The second kappa shape index (κ2) is 7.90. The molecular formula is C24H22N6O2. The normalized spacial score (nSPS) is 14.5. The van der Waals surface area contributed by atoms with E-state index in [9.17, 15) is 9.90 Å². The number of nitrogens with zero attached hydrogens (tertiary/aromatic N) is 3. The average molecular weight is 426 g/mol. The molecule has 4 aromatic rings. The number of benzene rings is 2. The zero-order chi connectivity index (χ0) is 22.1. The smallest absolute Gasteiger partial charge is 0.405 e. The average Bonchev–Trinajstić information content (AvgIpc) is 2.81. The third-order valence-electron chi connectivity index (χ3n) is 5.99. The van der Waals surface area contributed by atoms with E-state index in [4.69, 9.17) is 15.8 Å². The number of nitrogens with two attached hydrogens (primary N) is 1. The van der Waals surface area contributed by atoms with Gasteiger partial charge in [-0.1, -0.05) is 54.6 Å². The van der Waals surface area contributed by atoms with Gasteiger partial charge in [0, 0.05) is 11.1 Å². The van der Waals surface area contributed by atoms with Crippen molar-refractivity contribution in [2.45, 2.75) is 24.8 Å². The van der Waals surface area contributed by atoms with Gasteiger partial charge in [0.15, 0.2) is 5.65 Å². The molecule has 32 heavy (non-hydrogen) atoms. The first-order valence-electron chi connectivity index (χ1n) is 10.4. The fourth-order valence-electron chi connectivity index (χ4n) is 4.19. The summed E-state index contributed by atoms with van der Waals surface area (Å²) in [6, 6.07) is 21.3. The number of nitrogens with one attached hydrogen (secondary N) is 2. The van der Waals surface area contributed by atoms with Gasteiger partial charge >= 0.3 is 6.09 Å². The van der Waals surface area contributed by atoms with Crippen LogP contribution in [0.2, 0.25) is 0 Å². The largest absolute Gasteiger partial charge is 0.465 e. The fraction of sp³-hybridized carbons (Fsp3) is 0.167. The van der Waals surface area contributed by atoms with Crippen molar-refractivity contribution in [3.05, 3.63) is 72.3 Å². The van der Waals surface area contributed by atoms with E-state index in [2.05, 4.69) is 15.7 Å². The van der Waals surface area contributed by atoms with Crippen molar-refractivity contribution < 1.29 is 9.90 Å².